The van der Waals surface area contributed by atoms with E-state index < -0.39 is 42.8 Å². The van der Waals surface area contributed by atoms with Crippen molar-refractivity contribution in [3.05, 3.63) is 59.7 Å². The van der Waals surface area contributed by atoms with E-state index in [1.54, 1.807) is 16.4 Å². The van der Waals surface area contributed by atoms with Gasteiger partial charge in [0.25, 0.3) is 0 Å². The number of hydrogen-bond donors (Lipinski definition) is 0. The van der Waals surface area contributed by atoms with Crippen molar-refractivity contribution >= 4 is 27.5 Å². The minimum absolute atomic E-state index is 0.220. The SMILES string of the molecule is CCc1cccc(N2C(=O)[C@@]3(C)[C@]4(C)C[C@@](C)([C@@]3(C)C2=O)[C@]2(C)N(S(=O)(=O)c3ccc(C)cc3)[C@]42C)c1. The van der Waals surface area contributed by atoms with E-state index in [2.05, 4.69) is 0 Å². The van der Waals surface area contributed by atoms with E-state index in [4.69, 9.17) is 0 Å². The number of sulfonamides is 1. The molecule has 2 amide bonds. The van der Waals surface area contributed by atoms with E-state index >= 15 is 0 Å². The molecule has 6 rings (SSSR count). The Morgan fingerprint density at radius 2 is 1.32 bits per heavy atom. The minimum Gasteiger partial charge on any atom is -0.273 e. The summed E-state index contributed by atoms with van der Waals surface area (Å²) in [6.07, 6.45) is 1.41. The molecule has 4 aliphatic rings. The highest BCUT2D eigenvalue weighted by molar-refractivity contribution is 7.89. The van der Waals surface area contributed by atoms with Crippen LogP contribution >= 0.6 is 0 Å². The molecule has 1 unspecified atom stereocenters. The first kappa shape index (κ1) is 24.8. The number of piperidine rings is 1. The first-order chi connectivity index (χ1) is 17.1. The van der Waals surface area contributed by atoms with Gasteiger partial charge in [-0.15, -0.1) is 0 Å². The van der Waals surface area contributed by atoms with Gasteiger partial charge in [-0.25, -0.2) is 13.3 Å². The molecule has 2 aromatic carbocycles. The van der Waals surface area contributed by atoms with Crippen molar-refractivity contribution in [2.24, 2.45) is 21.7 Å². The van der Waals surface area contributed by atoms with Crippen molar-refractivity contribution in [1.29, 1.82) is 0 Å². The fraction of sp³-hybridized carbons (Fsp3) is 0.533. The summed E-state index contributed by atoms with van der Waals surface area (Å²) in [5, 5.41) is 0. The number of amides is 2. The fourth-order valence-corrected chi connectivity index (χ4v) is 11.8. The van der Waals surface area contributed by atoms with E-state index in [1.807, 2.05) is 91.8 Å². The quantitative estimate of drug-likeness (QED) is 0.416. The molecule has 7 heteroatoms. The van der Waals surface area contributed by atoms with Crippen molar-refractivity contribution in [2.45, 2.75) is 84.2 Å². The molecule has 2 aliphatic carbocycles. The molecule has 2 bridgehead atoms. The van der Waals surface area contributed by atoms with Gasteiger partial charge in [-0.3, -0.25) is 9.59 Å². The Labute approximate surface area is 220 Å². The van der Waals surface area contributed by atoms with Crippen LogP contribution in [-0.2, 0) is 26.0 Å². The Morgan fingerprint density at radius 3 is 1.81 bits per heavy atom. The summed E-state index contributed by atoms with van der Waals surface area (Å²) in [5.74, 6) is -0.440. The predicted molar refractivity (Wildman–Crippen MR) is 142 cm³/mol. The third-order valence-electron chi connectivity index (χ3n) is 12.2. The number of benzene rings is 2. The van der Waals surface area contributed by atoms with Crippen LogP contribution in [0.1, 0.15) is 66.0 Å². The number of carbonyl (C=O) groups excluding carboxylic acids is 2. The Bertz CT molecular complexity index is 1470. The summed E-state index contributed by atoms with van der Waals surface area (Å²) in [7, 11) is -3.86. The van der Waals surface area contributed by atoms with Gasteiger partial charge < -0.3 is 0 Å². The Morgan fingerprint density at radius 1 is 0.811 bits per heavy atom. The molecule has 0 aromatic heterocycles. The molecular weight excluding hydrogens is 484 g/mol. The molecule has 2 saturated heterocycles. The Balaban J connectivity index is 1.54. The summed E-state index contributed by atoms with van der Waals surface area (Å²) in [5.41, 5.74) is -2.62. The highest BCUT2D eigenvalue weighted by Gasteiger charge is 3.03. The Kier molecular flexibility index (Phi) is 4.39. The second-order valence-corrected chi connectivity index (χ2v) is 14.6. The number of aryl methyl sites for hydroxylation is 2. The van der Waals surface area contributed by atoms with Crippen LogP contribution in [0.25, 0.3) is 0 Å². The smallest absolute Gasteiger partial charge is 0.244 e. The highest BCUT2D eigenvalue weighted by atomic mass is 32.2. The normalized spacial score (nSPS) is 43.8. The molecule has 0 radical (unpaired) electrons. The van der Waals surface area contributed by atoms with Gasteiger partial charge in [0.15, 0.2) is 0 Å². The standard InChI is InChI=1S/C30H36N2O4S/c1-9-20-11-10-12-21(17-20)31-23(33)27(5)25(3)18-26(4,28(27,6)24(31)34)30(8)29(25,7)32(30)37(35,36)22-15-13-19(2)14-16-22/h10-17H,9,18H2,1-8H3/t25-,26-,27-,28+,29+,30-,32?/m0/s1. The first-order valence-corrected chi connectivity index (χ1v) is 14.6. The molecule has 2 heterocycles. The zero-order chi connectivity index (χ0) is 27.2. The Hall–Kier alpha value is -2.51. The molecule has 7 atom stereocenters. The number of carbonyl (C=O) groups is 2. The molecule has 2 aliphatic heterocycles. The summed E-state index contributed by atoms with van der Waals surface area (Å²) in [6.45, 7) is 15.9. The van der Waals surface area contributed by atoms with Gasteiger partial charge in [0.05, 0.1) is 32.5 Å². The average molecular weight is 521 g/mol. The van der Waals surface area contributed by atoms with Crippen LogP contribution in [0.2, 0.25) is 0 Å². The number of rotatable bonds is 4. The van der Waals surface area contributed by atoms with Gasteiger partial charge in [-0.2, -0.15) is 4.31 Å². The van der Waals surface area contributed by atoms with Crippen LogP contribution in [0.3, 0.4) is 0 Å². The molecular formula is C30H36N2O4S. The molecule has 0 N–H and O–H groups in total. The molecule has 2 aromatic rings. The van der Waals surface area contributed by atoms with Crippen molar-refractivity contribution in [1.82, 2.24) is 4.31 Å². The van der Waals surface area contributed by atoms with Crippen molar-refractivity contribution < 1.29 is 18.0 Å². The summed E-state index contributed by atoms with van der Waals surface area (Å²) in [4.78, 5) is 30.6. The number of anilines is 1. The topological polar surface area (TPSA) is 74.5 Å². The second kappa shape index (κ2) is 6.55. The van der Waals surface area contributed by atoms with Crippen LogP contribution in [-0.4, -0.2) is 35.6 Å². The van der Waals surface area contributed by atoms with Gasteiger partial charge in [-0.05, 0) is 77.3 Å². The van der Waals surface area contributed by atoms with Gasteiger partial charge in [-0.1, -0.05) is 50.6 Å². The lowest BCUT2D eigenvalue weighted by molar-refractivity contribution is -0.149. The zero-order valence-corrected chi connectivity index (χ0v) is 23.8. The van der Waals surface area contributed by atoms with E-state index in [0.717, 1.165) is 17.5 Å². The summed E-state index contributed by atoms with van der Waals surface area (Å²) < 4.78 is 29.9. The molecule has 37 heavy (non-hydrogen) atoms. The number of imide groups is 1. The van der Waals surface area contributed by atoms with E-state index in [9.17, 15) is 18.0 Å². The number of fused-ring (bicyclic) bond motifs is 8. The third kappa shape index (κ3) is 2.11. The zero-order valence-electron chi connectivity index (χ0n) is 23.0. The van der Waals surface area contributed by atoms with Crippen LogP contribution in [0.15, 0.2) is 53.4 Å². The molecule has 6 nitrogen and oxygen atoms in total. The molecule has 2 saturated carbocycles. The molecule has 0 spiro atoms. The van der Waals surface area contributed by atoms with Gasteiger partial charge in [0.1, 0.15) is 0 Å². The first-order valence-electron chi connectivity index (χ1n) is 13.2. The number of nitrogens with zero attached hydrogens (tertiary/aromatic N) is 2. The summed E-state index contributed by atoms with van der Waals surface area (Å²) >= 11 is 0. The van der Waals surface area contributed by atoms with Crippen molar-refractivity contribution in [3.8, 4) is 0 Å². The summed E-state index contributed by atoms with van der Waals surface area (Å²) in [6, 6.07) is 14.6. The van der Waals surface area contributed by atoms with Gasteiger partial charge in [0, 0.05) is 10.8 Å². The maximum atomic E-state index is 14.5. The lowest BCUT2D eigenvalue weighted by Gasteiger charge is -2.52. The largest absolute Gasteiger partial charge is 0.273 e. The van der Waals surface area contributed by atoms with E-state index in [0.29, 0.717) is 12.1 Å². The van der Waals surface area contributed by atoms with Crippen LogP contribution in [0, 0.1) is 28.6 Å². The lowest BCUT2D eigenvalue weighted by atomic mass is 9.45. The second-order valence-electron chi connectivity index (χ2n) is 12.8. The van der Waals surface area contributed by atoms with Crippen LogP contribution < -0.4 is 4.90 Å². The fourth-order valence-electron chi connectivity index (χ4n) is 9.47. The lowest BCUT2D eigenvalue weighted by Crippen LogP contribution is -2.61. The monoisotopic (exact) mass is 520 g/mol. The van der Waals surface area contributed by atoms with Gasteiger partial charge >= 0.3 is 0 Å². The van der Waals surface area contributed by atoms with Gasteiger partial charge in [0.2, 0.25) is 21.8 Å². The molecule has 4 fully saturated rings. The third-order valence-corrected chi connectivity index (χ3v) is 14.3. The maximum Gasteiger partial charge on any atom is 0.244 e. The van der Waals surface area contributed by atoms with E-state index in [1.165, 1.54) is 4.90 Å². The van der Waals surface area contributed by atoms with Crippen molar-refractivity contribution in [2.75, 3.05) is 4.90 Å². The average Bonchev–Trinajstić information content (AvgIpc) is 3.24. The van der Waals surface area contributed by atoms with Crippen LogP contribution in [0.5, 0.6) is 0 Å². The maximum absolute atomic E-state index is 14.5. The number of hydrogen-bond acceptors (Lipinski definition) is 4. The van der Waals surface area contributed by atoms with E-state index in [-0.39, 0.29) is 16.7 Å². The highest BCUT2D eigenvalue weighted by Crippen LogP contribution is 2.93. The molecule has 196 valence electrons. The van der Waals surface area contributed by atoms with Crippen LogP contribution in [0.4, 0.5) is 5.69 Å². The predicted octanol–water partition coefficient (Wildman–Crippen LogP) is 5.10. The minimum atomic E-state index is -3.86. The van der Waals surface area contributed by atoms with Crippen molar-refractivity contribution in [3.63, 3.8) is 0 Å².